The summed E-state index contributed by atoms with van der Waals surface area (Å²) >= 11 is 0. The van der Waals surface area contributed by atoms with Gasteiger partial charge < -0.3 is 9.53 Å². The summed E-state index contributed by atoms with van der Waals surface area (Å²) in [6.07, 6.45) is 1.63. The zero-order chi connectivity index (χ0) is 10.3. The van der Waals surface area contributed by atoms with Crippen LogP contribution in [0.4, 0.5) is 0 Å². The summed E-state index contributed by atoms with van der Waals surface area (Å²) in [6, 6.07) is 0. The summed E-state index contributed by atoms with van der Waals surface area (Å²) in [7, 11) is 0. The molecule has 0 aliphatic carbocycles. The molecule has 0 aromatic rings. The quantitative estimate of drug-likeness (QED) is 0.659. The van der Waals surface area contributed by atoms with Crippen molar-refractivity contribution < 1.29 is 9.53 Å². The summed E-state index contributed by atoms with van der Waals surface area (Å²) in [5.41, 5.74) is -0.210. The van der Waals surface area contributed by atoms with E-state index in [1.165, 1.54) is 0 Å². The van der Waals surface area contributed by atoms with Crippen molar-refractivity contribution in [3.8, 4) is 0 Å². The van der Waals surface area contributed by atoms with Gasteiger partial charge in [0, 0.05) is 6.42 Å². The van der Waals surface area contributed by atoms with Crippen molar-refractivity contribution in [3.63, 3.8) is 0 Å². The fourth-order valence-corrected chi connectivity index (χ4v) is 2.34. The van der Waals surface area contributed by atoms with E-state index in [1.807, 2.05) is 0 Å². The number of ether oxygens (including phenoxy) is 1. The van der Waals surface area contributed by atoms with Crippen LogP contribution in [0.1, 0.15) is 47.5 Å². The van der Waals surface area contributed by atoms with E-state index in [-0.39, 0.29) is 17.0 Å². The summed E-state index contributed by atoms with van der Waals surface area (Å²) in [4.78, 5) is 11.0. The lowest BCUT2D eigenvalue weighted by molar-refractivity contribution is -0.120. The van der Waals surface area contributed by atoms with E-state index in [1.54, 1.807) is 6.92 Å². The van der Waals surface area contributed by atoms with Gasteiger partial charge in [-0.2, -0.15) is 0 Å². The SMILES string of the molecule is CC(=O)CC1CC(C)(C)OC1(C)C. The van der Waals surface area contributed by atoms with E-state index in [4.69, 9.17) is 4.74 Å². The first-order valence-electron chi connectivity index (χ1n) is 4.92. The average molecular weight is 184 g/mol. The van der Waals surface area contributed by atoms with Gasteiger partial charge in [-0.15, -0.1) is 0 Å². The second kappa shape index (κ2) is 3.09. The fraction of sp³-hybridized carbons (Fsp3) is 0.909. The first kappa shape index (κ1) is 10.7. The Kier molecular flexibility index (Phi) is 2.54. The molecule has 0 saturated carbocycles. The molecule has 2 nitrogen and oxygen atoms in total. The minimum Gasteiger partial charge on any atom is -0.369 e. The van der Waals surface area contributed by atoms with Crippen LogP contribution in [0, 0.1) is 5.92 Å². The van der Waals surface area contributed by atoms with Crippen molar-refractivity contribution in [3.05, 3.63) is 0 Å². The maximum atomic E-state index is 11.0. The Morgan fingerprint density at radius 1 is 1.38 bits per heavy atom. The molecular formula is C11H20O2. The maximum Gasteiger partial charge on any atom is 0.130 e. The fourth-order valence-electron chi connectivity index (χ4n) is 2.34. The van der Waals surface area contributed by atoms with E-state index >= 15 is 0 Å². The second-order valence-electron chi connectivity index (χ2n) is 5.27. The molecule has 0 aromatic heterocycles. The minimum absolute atomic E-state index is 0.0659. The van der Waals surface area contributed by atoms with Crippen molar-refractivity contribution >= 4 is 5.78 Å². The lowest BCUT2D eigenvalue weighted by Crippen LogP contribution is -2.30. The second-order valence-corrected chi connectivity index (χ2v) is 5.27. The minimum atomic E-state index is -0.144. The first-order valence-corrected chi connectivity index (χ1v) is 4.92. The maximum absolute atomic E-state index is 11.0. The van der Waals surface area contributed by atoms with E-state index in [0.717, 1.165) is 6.42 Å². The Bertz CT molecular complexity index is 216. The zero-order valence-electron chi connectivity index (χ0n) is 9.31. The van der Waals surface area contributed by atoms with Crippen LogP contribution < -0.4 is 0 Å². The Morgan fingerprint density at radius 2 is 1.92 bits per heavy atom. The van der Waals surface area contributed by atoms with Gasteiger partial charge in [-0.3, -0.25) is 0 Å². The van der Waals surface area contributed by atoms with Crippen LogP contribution in [-0.4, -0.2) is 17.0 Å². The number of hydrogen-bond donors (Lipinski definition) is 0. The standard InChI is InChI=1S/C11H20O2/c1-8(12)6-9-7-10(2,3)13-11(9,4)5/h9H,6-7H2,1-5H3. The molecule has 1 aliphatic heterocycles. The Labute approximate surface area is 80.7 Å². The Balaban J connectivity index is 2.70. The lowest BCUT2D eigenvalue weighted by atomic mass is 9.84. The Hall–Kier alpha value is -0.370. The van der Waals surface area contributed by atoms with Crippen LogP contribution >= 0.6 is 0 Å². The molecule has 1 aliphatic rings. The van der Waals surface area contributed by atoms with Gasteiger partial charge in [-0.1, -0.05) is 0 Å². The van der Waals surface area contributed by atoms with Crippen molar-refractivity contribution in [2.75, 3.05) is 0 Å². The molecule has 1 unspecified atom stereocenters. The molecule has 1 saturated heterocycles. The highest BCUT2D eigenvalue weighted by atomic mass is 16.5. The van der Waals surface area contributed by atoms with Gasteiger partial charge in [0.05, 0.1) is 11.2 Å². The van der Waals surface area contributed by atoms with Crippen LogP contribution in [0.15, 0.2) is 0 Å². The zero-order valence-corrected chi connectivity index (χ0v) is 9.31. The topological polar surface area (TPSA) is 26.3 Å². The molecular weight excluding hydrogens is 164 g/mol. The predicted molar refractivity (Wildman–Crippen MR) is 52.6 cm³/mol. The van der Waals surface area contributed by atoms with Gasteiger partial charge in [0.25, 0.3) is 0 Å². The summed E-state index contributed by atoms with van der Waals surface area (Å²) < 4.78 is 5.90. The number of hydrogen-bond acceptors (Lipinski definition) is 2. The third-order valence-electron chi connectivity index (χ3n) is 2.79. The number of carbonyl (C=O) groups excluding carboxylic acids is 1. The number of rotatable bonds is 2. The molecule has 1 rings (SSSR count). The molecule has 0 N–H and O–H groups in total. The summed E-state index contributed by atoms with van der Waals surface area (Å²) in [5, 5.41) is 0. The van der Waals surface area contributed by atoms with Crippen molar-refractivity contribution in [1.29, 1.82) is 0 Å². The average Bonchev–Trinajstić information content (AvgIpc) is 1.98. The van der Waals surface area contributed by atoms with Crippen LogP contribution in [0.3, 0.4) is 0 Å². The highest BCUT2D eigenvalue weighted by molar-refractivity contribution is 5.75. The van der Waals surface area contributed by atoms with Gasteiger partial charge >= 0.3 is 0 Å². The van der Waals surface area contributed by atoms with E-state index in [0.29, 0.717) is 12.3 Å². The van der Waals surface area contributed by atoms with Crippen LogP contribution in [-0.2, 0) is 9.53 Å². The molecule has 0 amide bonds. The molecule has 76 valence electrons. The van der Waals surface area contributed by atoms with Crippen LogP contribution in [0.5, 0.6) is 0 Å². The molecule has 0 bridgehead atoms. The van der Waals surface area contributed by atoms with E-state index in [9.17, 15) is 4.79 Å². The molecule has 2 heteroatoms. The largest absolute Gasteiger partial charge is 0.369 e. The predicted octanol–water partition coefficient (Wildman–Crippen LogP) is 2.56. The van der Waals surface area contributed by atoms with E-state index < -0.39 is 0 Å². The normalized spacial score (nSPS) is 30.4. The third-order valence-corrected chi connectivity index (χ3v) is 2.79. The van der Waals surface area contributed by atoms with E-state index in [2.05, 4.69) is 27.7 Å². The van der Waals surface area contributed by atoms with Crippen molar-refractivity contribution in [2.45, 2.75) is 58.7 Å². The molecule has 0 spiro atoms. The number of Topliss-reactive ketones (excluding diaryl/α,β-unsaturated/α-hetero) is 1. The van der Waals surface area contributed by atoms with Crippen LogP contribution in [0.25, 0.3) is 0 Å². The molecule has 0 aromatic carbocycles. The van der Waals surface area contributed by atoms with Gasteiger partial charge in [-0.05, 0) is 47.0 Å². The van der Waals surface area contributed by atoms with Gasteiger partial charge in [0.2, 0.25) is 0 Å². The highest BCUT2D eigenvalue weighted by Crippen LogP contribution is 2.43. The molecule has 0 radical (unpaired) electrons. The highest BCUT2D eigenvalue weighted by Gasteiger charge is 2.45. The van der Waals surface area contributed by atoms with Crippen molar-refractivity contribution in [2.24, 2.45) is 5.92 Å². The van der Waals surface area contributed by atoms with Crippen molar-refractivity contribution in [1.82, 2.24) is 0 Å². The smallest absolute Gasteiger partial charge is 0.130 e. The molecule has 1 heterocycles. The first-order chi connectivity index (χ1) is 5.73. The van der Waals surface area contributed by atoms with Gasteiger partial charge in [0.15, 0.2) is 0 Å². The van der Waals surface area contributed by atoms with Gasteiger partial charge in [-0.25, -0.2) is 0 Å². The third kappa shape index (κ3) is 2.53. The van der Waals surface area contributed by atoms with Gasteiger partial charge in [0.1, 0.15) is 5.78 Å². The Morgan fingerprint density at radius 3 is 2.23 bits per heavy atom. The molecule has 13 heavy (non-hydrogen) atoms. The molecule has 1 atom stereocenters. The molecule has 1 fully saturated rings. The number of ketones is 1. The number of carbonyl (C=O) groups is 1. The summed E-state index contributed by atoms with van der Waals surface area (Å²) in [5.74, 6) is 0.638. The monoisotopic (exact) mass is 184 g/mol. The lowest BCUT2D eigenvalue weighted by Gasteiger charge is -2.26. The van der Waals surface area contributed by atoms with Crippen LogP contribution in [0.2, 0.25) is 0 Å². The summed E-state index contributed by atoms with van der Waals surface area (Å²) in [6.45, 7) is 10.00.